The highest BCUT2D eigenvalue weighted by Crippen LogP contribution is 2.24. The third-order valence-electron chi connectivity index (χ3n) is 4.11. The molecule has 5 nitrogen and oxygen atoms in total. The molecule has 0 fully saturated rings. The highest BCUT2D eigenvalue weighted by molar-refractivity contribution is 7.89. The molecule has 0 atom stereocenters. The summed E-state index contributed by atoms with van der Waals surface area (Å²) in [5, 5.41) is 2.00. The van der Waals surface area contributed by atoms with Crippen molar-refractivity contribution in [3.05, 3.63) is 58.9 Å². The molecule has 1 aliphatic rings. The van der Waals surface area contributed by atoms with Gasteiger partial charge >= 0.3 is 0 Å². The van der Waals surface area contributed by atoms with Gasteiger partial charge in [0.1, 0.15) is 0 Å². The molecule has 0 spiro atoms. The Morgan fingerprint density at radius 1 is 1.00 bits per heavy atom. The maximum Gasteiger partial charge on any atom is 0.241 e. The van der Waals surface area contributed by atoms with Crippen molar-refractivity contribution in [3.63, 3.8) is 0 Å². The van der Waals surface area contributed by atoms with Crippen LogP contribution in [0.1, 0.15) is 17.5 Å². The minimum absolute atomic E-state index is 0.0324. The average Bonchev–Trinajstić information content (AvgIpc) is 3.08. The molecular weight excluding hydrogens is 369 g/mol. The number of rotatable bonds is 5. The fourth-order valence-corrected chi connectivity index (χ4v) is 3.81. The highest BCUT2D eigenvalue weighted by Gasteiger charge is 2.20. The van der Waals surface area contributed by atoms with Crippen LogP contribution in [0.3, 0.4) is 0 Å². The first-order valence-corrected chi connectivity index (χ1v) is 9.31. The molecule has 0 unspecified atom stereocenters. The lowest BCUT2D eigenvalue weighted by Crippen LogP contribution is -2.33. The van der Waals surface area contributed by atoms with E-state index >= 15 is 0 Å². The lowest BCUT2D eigenvalue weighted by atomic mass is 10.1. The first kappa shape index (κ1) is 18.4. The predicted octanol–water partition coefficient (Wildman–Crippen LogP) is 2.51. The molecule has 1 aliphatic carbocycles. The van der Waals surface area contributed by atoms with E-state index in [0.29, 0.717) is 6.07 Å². The zero-order valence-corrected chi connectivity index (χ0v) is 14.3. The molecule has 0 saturated carbocycles. The molecule has 138 valence electrons. The van der Waals surface area contributed by atoms with Gasteiger partial charge in [-0.2, -0.15) is 0 Å². The molecule has 3 rings (SSSR count). The number of aryl methyl sites for hydroxylation is 2. The zero-order chi connectivity index (χ0) is 18.9. The third-order valence-corrected chi connectivity index (χ3v) is 5.51. The molecule has 0 aromatic heterocycles. The quantitative estimate of drug-likeness (QED) is 0.778. The standard InChI is InChI=1S/C17H15F3N2O3S/c18-13-6-7-14(17(20)16(13)19)22-15(23)9-21-26(24,25)12-5-4-10-2-1-3-11(10)8-12/h4-8,21H,1-3,9H2,(H,22,23). The van der Waals surface area contributed by atoms with Crippen LogP contribution in [0, 0.1) is 17.5 Å². The summed E-state index contributed by atoms with van der Waals surface area (Å²) in [4.78, 5) is 11.8. The second-order valence-corrected chi connectivity index (χ2v) is 7.65. The van der Waals surface area contributed by atoms with Crippen LogP contribution in [0.4, 0.5) is 18.9 Å². The minimum Gasteiger partial charge on any atom is -0.322 e. The Hall–Kier alpha value is -2.39. The molecule has 0 radical (unpaired) electrons. The van der Waals surface area contributed by atoms with Crippen molar-refractivity contribution in [1.82, 2.24) is 4.72 Å². The number of halogens is 3. The topological polar surface area (TPSA) is 75.3 Å². The van der Waals surface area contributed by atoms with E-state index in [4.69, 9.17) is 0 Å². The number of fused-ring (bicyclic) bond motifs is 1. The minimum atomic E-state index is -3.93. The van der Waals surface area contributed by atoms with Gasteiger partial charge < -0.3 is 5.32 Å². The zero-order valence-electron chi connectivity index (χ0n) is 13.5. The first-order chi connectivity index (χ1) is 12.3. The number of nitrogens with one attached hydrogen (secondary N) is 2. The van der Waals surface area contributed by atoms with Crippen molar-refractivity contribution < 1.29 is 26.4 Å². The predicted molar refractivity (Wildman–Crippen MR) is 88.6 cm³/mol. The summed E-state index contributed by atoms with van der Waals surface area (Å²) in [5.41, 5.74) is 1.49. The SMILES string of the molecule is O=C(CNS(=O)(=O)c1ccc2c(c1)CCC2)Nc1ccc(F)c(F)c1F. The summed E-state index contributed by atoms with van der Waals surface area (Å²) in [6.45, 7) is -0.683. The van der Waals surface area contributed by atoms with E-state index in [-0.39, 0.29) is 4.90 Å². The number of carbonyl (C=O) groups is 1. The fraction of sp³-hybridized carbons (Fsp3) is 0.235. The molecule has 2 N–H and O–H groups in total. The second-order valence-electron chi connectivity index (χ2n) is 5.88. The largest absolute Gasteiger partial charge is 0.322 e. The van der Waals surface area contributed by atoms with Gasteiger partial charge in [-0.25, -0.2) is 26.3 Å². The van der Waals surface area contributed by atoms with Crippen LogP contribution >= 0.6 is 0 Å². The average molecular weight is 384 g/mol. The van der Waals surface area contributed by atoms with Crippen LogP contribution in [0.25, 0.3) is 0 Å². The van der Waals surface area contributed by atoms with Crippen molar-refractivity contribution in [2.75, 3.05) is 11.9 Å². The van der Waals surface area contributed by atoms with Gasteiger partial charge in [-0.1, -0.05) is 6.07 Å². The van der Waals surface area contributed by atoms with E-state index in [9.17, 15) is 26.4 Å². The van der Waals surface area contributed by atoms with Gasteiger partial charge in [0.25, 0.3) is 0 Å². The van der Waals surface area contributed by atoms with Crippen molar-refractivity contribution in [1.29, 1.82) is 0 Å². The van der Waals surface area contributed by atoms with Gasteiger partial charge in [-0.3, -0.25) is 4.79 Å². The molecule has 26 heavy (non-hydrogen) atoms. The molecule has 2 aromatic carbocycles. The molecule has 0 bridgehead atoms. The number of carbonyl (C=O) groups excluding carboxylic acids is 1. The Morgan fingerprint density at radius 3 is 2.50 bits per heavy atom. The van der Waals surface area contributed by atoms with Gasteiger partial charge in [-0.05, 0) is 54.7 Å². The van der Waals surface area contributed by atoms with Gasteiger partial charge in [0.2, 0.25) is 15.9 Å². The Morgan fingerprint density at radius 2 is 1.73 bits per heavy atom. The van der Waals surface area contributed by atoms with Crippen LogP contribution in [0.5, 0.6) is 0 Å². The van der Waals surface area contributed by atoms with Gasteiger partial charge in [0.15, 0.2) is 17.5 Å². The van der Waals surface area contributed by atoms with Crippen LogP contribution in [0.15, 0.2) is 35.2 Å². The molecular formula is C17H15F3N2O3S. The Balaban J connectivity index is 1.66. The Bertz CT molecular complexity index is 977. The molecule has 0 saturated heterocycles. The van der Waals surface area contributed by atoms with E-state index in [1.807, 2.05) is 5.32 Å². The van der Waals surface area contributed by atoms with Crippen LogP contribution < -0.4 is 10.0 Å². The van der Waals surface area contributed by atoms with E-state index < -0.39 is 45.6 Å². The monoisotopic (exact) mass is 384 g/mol. The van der Waals surface area contributed by atoms with Crippen LogP contribution in [-0.2, 0) is 27.7 Å². The van der Waals surface area contributed by atoms with Crippen molar-refractivity contribution in [2.24, 2.45) is 0 Å². The highest BCUT2D eigenvalue weighted by atomic mass is 32.2. The molecule has 0 heterocycles. The van der Waals surface area contributed by atoms with Crippen LogP contribution in [-0.4, -0.2) is 20.9 Å². The third kappa shape index (κ3) is 3.73. The first-order valence-electron chi connectivity index (χ1n) is 7.83. The molecule has 9 heteroatoms. The molecule has 0 aliphatic heterocycles. The molecule has 2 aromatic rings. The lowest BCUT2D eigenvalue weighted by Gasteiger charge is -2.10. The Labute approximate surface area is 148 Å². The maximum atomic E-state index is 13.5. The van der Waals surface area contributed by atoms with Gasteiger partial charge in [-0.15, -0.1) is 0 Å². The van der Waals surface area contributed by atoms with Gasteiger partial charge in [0, 0.05) is 0 Å². The van der Waals surface area contributed by atoms with E-state index in [2.05, 4.69) is 4.72 Å². The number of sulfonamides is 1. The van der Waals surface area contributed by atoms with E-state index in [1.54, 1.807) is 12.1 Å². The second kappa shape index (κ2) is 7.08. The molecule has 1 amide bonds. The number of benzene rings is 2. The summed E-state index contributed by atoms with van der Waals surface area (Å²) in [5.74, 6) is -5.58. The summed E-state index contributed by atoms with van der Waals surface area (Å²) in [6, 6.07) is 6.27. The fourth-order valence-electron chi connectivity index (χ4n) is 2.78. The summed E-state index contributed by atoms with van der Waals surface area (Å²) in [6.07, 6.45) is 2.67. The maximum absolute atomic E-state index is 13.5. The van der Waals surface area contributed by atoms with Crippen molar-refractivity contribution >= 4 is 21.6 Å². The van der Waals surface area contributed by atoms with Crippen LogP contribution in [0.2, 0.25) is 0 Å². The number of anilines is 1. The van der Waals surface area contributed by atoms with E-state index in [1.165, 1.54) is 6.07 Å². The normalized spacial score (nSPS) is 13.5. The lowest BCUT2D eigenvalue weighted by molar-refractivity contribution is -0.115. The number of amides is 1. The summed E-state index contributed by atoms with van der Waals surface area (Å²) in [7, 11) is -3.93. The van der Waals surface area contributed by atoms with Crippen molar-refractivity contribution in [2.45, 2.75) is 24.2 Å². The van der Waals surface area contributed by atoms with E-state index in [0.717, 1.165) is 36.5 Å². The Kier molecular flexibility index (Phi) is 5.01. The number of hydrogen-bond donors (Lipinski definition) is 2. The summed E-state index contributed by atoms with van der Waals surface area (Å²) >= 11 is 0. The number of hydrogen-bond acceptors (Lipinski definition) is 3. The summed E-state index contributed by atoms with van der Waals surface area (Å²) < 4.78 is 66.2. The van der Waals surface area contributed by atoms with Crippen molar-refractivity contribution in [3.8, 4) is 0 Å². The smallest absolute Gasteiger partial charge is 0.241 e. The van der Waals surface area contributed by atoms with Gasteiger partial charge in [0.05, 0.1) is 17.1 Å².